The maximum absolute atomic E-state index is 14.1. The lowest BCUT2D eigenvalue weighted by atomic mass is 10.2. The Kier molecular flexibility index (Phi) is 4.08. The van der Waals surface area contributed by atoms with Crippen LogP contribution in [0, 0.1) is 11.6 Å². The summed E-state index contributed by atoms with van der Waals surface area (Å²) in [6.45, 7) is 2.33. The normalized spacial score (nSPS) is 10.4. The SMILES string of the molecule is CCN(c1cccc(F)c1)c1cc(OC)c(N)cc1F. The molecule has 106 valence electrons. The summed E-state index contributed by atoms with van der Waals surface area (Å²) < 4.78 is 32.5. The average Bonchev–Trinajstić information content (AvgIpc) is 2.42. The maximum atomic E-state index is 14.1. The second-order valence-corrected chi connectivity index (χ2v) is 4.27. The number of halogens is 2. The largest absolute Gasteiger partial charge is 0.495 e. The molecule has 3 nitrogen and oxygen atoms in total. The monoisotopic (exact) mass is 278 g/mol. The summed E-state index contributed by atoms with van der Waals surface area (Å²) in [6, 6.07) is 8.72. The summed E-state index contributed by atoms with van der Waals surface area (Å²) in [7, 11) is 1.46. The van der Waals surface area contributed by atoms with E-state index in [2.05, 4.69) is 0 Å². The first kappa shape index (κ1) is 14.1. The summed E-state index contributed by atoms with van der Waals surface area (Å²) in [6.07, 6.45) is 0. The molecular formula is C15H16F2N2O. The number of anilines is 3. The molecule has 0 aromatic heterocycles. The lowest BCUT2D eigenvalue weighted by Gasteiger charge is -2.24. The highest BCUT2D eigenvalue weighted by Gasteiger charge is 2.16. The molecule has 0 aliphatic heterocycles. The van der Waals surface area contributed by atoms with Crippen molar-refractivity contribution >= 4 is 17.1 Å². The second kappa shape index (κ2) is 5.77. The molecule has 0 spiro atoms. The highest BCUT2D eigenvalue weighted by atomic mass is 19.1. The molecule has 0 unspecified atom stereocenters. The fourth-order valence-corrected chi connectivity index (χ4v) is 2.08. The van der Waals surface area contributed by atoms with Crippen molar-refractivity contribution in [2.75, 3.05) is 24.3 Å². The number of rotatable bonds is 4. The first-order valence-corrected chi connectivity index (χ1v) is 6.23. The fourth-order valence-electron chi connectivity index (χ4n) is 2.08. The van der Waals surface area contributed by atoms with Crippen LogP contribution in [0.25, 0.3) is 0 Å². The molecule has 0 radical (unpaired) electrons. The van der Waals surface area contributed by atoms with Crippen molar-refractivity contribution in [3.63, 3.8) is 0 Å². The fraction of sp³-hybridized carbons (Fsp3) is 0.200. The summed E-state index contributed by atoms with van der Waals surface area (Å²) in [5.41, 5.74) is 6.75. The number of nitrogens with zero attached hydrogens (tertiary/aromatic N) is 1. The van der Waals surface area contributed by atoms with Gasteiger partial charge in [-0.25, -0.2) is 8.78 Å². The Labute approximate surface area is 116 Å². The first-order chi connectivity index (χ1) is 9.56. The van der Waals surface area contributed by atoms with Gasteiger partial charge < -0.3 is 15.4 Å². The van der Waals surface area contributed by atoms with Gasteiger partial charge in [0, 0.05) is 24.4 Å². The Balaban J connectivity index is 2.52. The third kappa shape index (κ3) is 2.66. The van der Waals surface area contributed by atoms with Crippen molar-refractivity contribution in [3.8, 4) is 5.75 Å². The second-order valence-electron chi connectivity index (χ2n) is 4.27. The number of benzene rings is 2. The molecule has 0 heterocycles. The molecule has 0 bridgehead atoms. The average molecular weight is 278 g/mol. The Hall–Kier alpha value is -2.30. The topological polar surface area (TPSA) is 38.5 Å². The Morgan fingerprint density at radius 2 is 1.95 bits per heavy atom. The van der Waals surface area contributed by atoms with E-state index in [1.807, 2.05) is 6.92 Å². The Morgan fingerprint density at radius 3 is 2.55 bits per heavy atom. The van der Waals surface area contributed by atoms with Crippen LogP contribution >= 0.6 is 0 Å². The molecule has 0 saturated heterocycles. The number of hydrogen-bond donors (Lipinski definition) is 1. The number of nitrogen functional groups attached to an aromatic ring is 1. The molecule has 0 aliphatic carbocycles. The predicted octanol–water partition coefficient (Wildman–Crippen LogP) is 3.71. The van der Waals surface area contributed by atoms with Gasteiger partial charge in [-0.1, -0.05) is 6.07 Å². The van der Waals surface area contributed by atoms with E-state index in [0.29, 0.717) is 23.7 Å². The molecule has 0 amide bonds. The van der Waals surface area contributed by atoms with Crippen LogP contribution in [0.3, 0.4) is 0 Å². The van der Waals surface area contributed by atoms with E-state index in [4.69, 9.17) is 10.5 Å². The third-order valence-corrected chi connectivity index (χ3v) is 3.03. The molecule has 20 heavy (non-hydrogen) atoms. The molecule has 5 heteroatoms. The summed E-state index contributed by atoms with van der Waals surface area (Å²) in [5.74, 6) is -0.463. The maximum Gasteiger partial charge on any atom is 0.149 e. The van der Waals surface area contributed by atoms with E-state index in [-0.39, 0.29) is 11.5 Å². The Morgan fingerprint density at radius 1 is 1.20 bits per heavy atom. The standard InChI is InChI=1S/C15H16F2N2O/c1-3-19(11-6-4-5-10(16)7-11)14-9-15(20-2)13(18)8-12(14)17/h4-9H,3,18H2,1-2H3. The van der Waals surface area contributed by atoms with Gasteiger partial charge in [0.05, 0.1) is 18.5 Å². The summed E-state index contributed by atoms with van der Waals surface area (Å²) >= 11 is 0. The van der Waals surface area contributed by atoms with Crippen molar-refractivity contribution in [1.29, 1.82) is 0 Å². The lowest BCUT2D eigenvalue weighted by molar-refractivity contribution is 0.416. The molecule has 0 fully saturated rings. The van der Waals surface area contributed by atoms with E-state index in [9.17, 15) is 8.78 Å². The first-order valence-electron chi connectivity index (χ1n) is 6.23. The van der Waals surface area contributed by atoms with Gasteiger partial charge in [-0.05, 0) is 25.1 Å². The Bertz CT molecular complexity index is 617. The van der Waals surface area contributed by atoms with E-state index in [0.717, 1.165) is 0 Å². The number of ether oxygens (including phenoxy) is 1. The van der Waals surface area contributed by atoms with Crippen LogP contribution < -0.4 is 15.4 Å². The zero-order chi connectivity index (χ0) is 14.7. The van der Waals surface area contributed by atoms with E-state index < -0.39 is 5.82 Å². The van der Waals surface area contributed by atoms with E-state index in [1.54, 1.807) is 17.0 Å². The molecular weight excluding hydrogens is 262 g/mol. The minimum Gasteiger partial charge on any atom is -0.495 e. The van der Waals surface area contributed by atoms with Crippen LogP contribution in [-0.2, 0) is 0 Å². The highest BCUT2D eigenvalue weighted by Crippen LogP contribution is 2.34. The van der Waals surface area contributed by atoms with Gasteiger partial charge in [0.25, 0.3) is 0 Å². The molecule has 2 aromatic carbocycles. The van der Waals surface area contributed by atoms with Crippen LogP contribution in [0.1, 0.15) is 6.92 Å². The minimum absolute atomic E-state index is 0.226. The molecule has 0 atom stereocenters. The molecule has 2 N–H and O–H groups in total. The van der Waals surface area contributed by atoms with Gasteiger partial charge in [0.1, 0.15) is 17.4 Å². The van der Waals surface area contributed by atoms with Crippen molar-refractivity contribution in [3.05, 3.63) is 48.0 Å². The van der Waals surface area contributed by atoms with E-state index in [1.165, 1.54) is 31.4 Å². The quantitative estimate of drug-likeness (QED) is 0.866. The number of methoxy groups -OCH3 is 1. The van der Waals surface area contributed by atoms with Gasteiger partial charge in [0.2, 0.25) is 0 Å². The molecule has 0 saturated carbocycles. The van der Waals surface area contributed by atoms with Gasteiger partial charge >= 0.3 is 0 Å². The smallest absolute Gasteiger partial charge is 0.149 e. The summed E-state index contributed by atoms with van der Waals surface area (Å²) in [4.78, 5) is 1.65. The van der Waals surface area contributed by atoms with Crippen molar-refractivity contribution < 1.29 is 13.5 Å². The van der Waals surface area contributed by atoms with Crippen LogP contribution in [0.4, 0.5) is 25.8 Å². The third-order valence-electron chi connectivity index (χ3n) is 3.03. The van der Waals surface area contributed by atoms with Gasteiger partial charge in [-0.15, -0.1) is 0 Å². The van der Waals surface area contributed by atoms with Gasteiger partial charge in [-0.3, -0.25) is 0 Å². The molecule has 0 aliphatic rings. The number of hydrogen-bond acceptors (Lipinski definition) is 3. The van der Waals surface area contributed by atoms with Crippen LogP contribution in [-0.4, -0.2) is 13.7 Å². The van der Waals surface area contributed by atoms with E-state index >= 15 is 0 Å². The highest BCUT2D eigenvalue weighted by molar-refractivity contribution is 5.69. The molecule has 2 aromatic rings. The van der Waals surface area contributed by atoms with Crippen LogP contribution in [0.5, 0.6) is 5.75 Å². The van der Waals surface area contributed by atoms with Gasteiger partial charge in [-0.2, -0.15) is 0 Å². The zero-order valence-corrected chi connectivity index (χ0v) is 11.4. The molecule has 2 rings (SSSR count). The van der Waals surface area contributed by atoms with Crippen molar-refractivity contribution in [1.82, 2.24) is 0 Å². The lowest BCUT2D eigenvalue weighted by Crippen LogP contribution is -2.18. The predicted molar refractivity (Wildman–Crippen MR) is 76.4 cm³/mol. The van der Waals surface area contributed by atoms with Crippen LogP contribution in [0.2, 0.25) is 0 Å². The van der Waals surface area contributed by atoms with Crippen molar-refractivity contribution in [2.24, 2.45) is 0 Å². The number of nitrogens with two attached hydrogens (primary N) is 1. The minimum atomic E-state index is -0.477. The van der Waals surface area contributed by atoms with Crippen molar-refractivity contribution in [2.45, 2.75) is 6.92 Å². The van der Waals surface area contributed by atoms with Crippen LogP contribution in [0.15, 0.2) is 36.4 Å². The zero-order valence-electron chi connectivity index (χ0n) is 11.4. The van der Waals surface area contributed by atoms with Gasteiger partial charge in [0.15, 0.2) is 0 Å². The summed E-state index contributed by atoms with van der Waals surface area (Å²) in [5, 5.41) is 0.